The molecular formula is C12H12O3. The SMILES string of the molecule is C=CCOC(=O)C(=O)Cc1ccccc1. The molecule has 0 bridgehead atoms. The standard InChI is InChI=1S/C12H12O3/c1-2-8-15-12(14)11(13)9-10-6-4-3-5-7-10/h2-7H,1,8-9H2. The van der Waals surface area contributed by atoms with Gasteiger partial charge in [0.05, 0.1) is 0 Å². The highest BCUT2D eigenvalue weighted by Crippen LogP contribution is 2.00. The molecule has 1 aromatic rings. The highest BCUT2D eigenvalue weighted by atomic mass is 16.5. The molecular weight excluding hydrogens is 192 g/mol. The Balaban J connectivity index is 2.49. The zero-order chi connectivity index (χ0) is 11.1. The van der Waals surface area contributed by atoms with Gasteiger partial charge in [-0.1, -0.05) is 43.0 Å². The number of esters is 1. The van der Waals surface area contributed by atoms with Gasteiger partial charge in [0.25, 0.3) is 0 Å². The number of rotatable bonds is 5. The second-order valence-corrected chi connectivity index (χ2v) is 2.97. The third kappa shape index (κ3) is 3.77. The minimum Gasteiger partial charge on any atom is -0.456 e. The fraction of sp³-hybridized carbons (Fsp3) is 0.167. The predicted octanol–water partition coefficient (Wildman–Crippen LogP) is 1.53. The average molecular weight is 204 g/mol. The summed E-state index contributed by atoms with van der Waals surface area (Å²) in [6.07, 6.45) is 1.50. The van der Waals surface area contributed by atoms with Crippen molar-refractivity contribution in [2.45, 2.75) is 6.42 Å². The van der Waals surface area contributed by atoms with E-state index in [0.717, 1.165) is 5.56 Å². The Hall–Kier alpha value is -1.90. The smallest absolute Gasteiger partial charge is 0.375 e. The molecule has 0 aromatic heterocycles. The summed E-state index contributed by atoms with van der Waals surface area (Å²) in [5.41, 5.74) is 0.804. The molecule has 0 N–H and O–H groups in total. The lowest BCUT2D eigenvalue weighted by atomic mass is 10.1. The van der Waals surface area contributed by atoms with E-state index in [1.165, 1.54) is 6.08 Å². The number of hydrogen-bond acceptors (Lipinski definition) is 3. The molecule has 0 unspecified atom stereocenters. The summed E-state index contributed by atoms with van der Waals surface area (Å²) in [7, 11) is 0. The topological polar surface area (TPSA) is 43.4 Å². The molecule has 15 heavy (non-hydrogen) atoms. The van der Waals surface area contributed by atoms with Gasteiger partial charge in [0.2, 0.25) is 5.78 Å². The number of ether oxygens (including phenoxy) is 1. The van der Waals surface area contributed by atoms with Gasteiger partial charge in [-0.15, -0.1) is 0 Å². The van der Waals surface area contributed by atoms with Crippen LogP contribution in [-0.2, 0) is 20.7 Å². The molecule has 1 rings (SSSR count). The van der Waals surface area contributed by atoms with Gasteiger partial charge in [-0.25, -0.2) is 4.79 Å². The van der Waals surface area contributed by atoms with Crippen LogP contribution in [0.5, 0.6) is 0 Å². The molecule has 0 aliphatic carbocycles. The van der Waals surface area contributed by atoms with Crippen LogP contribution in [0.2, 0.25) is 0 Å². The molecule has 0 saturated heterocycles. The second kappa shape index (κ2) is 5.75. The molecule has 3 nitrogen and oxygen atoms in total. The summed E-state index contributed by atoms with van der Waals surface area (Å²) in [6, 6.07) is 9.07. The molecule has 0 spiro atoms. The quantitative estimate of drug-likeness (QED) is 0.415. The van der Waals surface area contributed by atoms with E-state index in [2.05, 4.69) is 11.3 Å². The van der Waals surface area contributed by atoms with Gasteiger partial charge in [0.15, 0.2) is 0 Å². The molecule has 78 valence electrons. The van der Waals surface area contributed by atoms with Gasteiger partial charge in [-0.3, -0.25) is 4.79 Å². The maximum Gasteiger partial charge on any atom is 0.375 e. The third-order valence-corrected chi connectivity index (χ3v) is 1.77. The van der Waals surface area contributed by atoms with Crippen LogP contribution in [0.25, 0.3) is 0 Å². The molecule has 0 aliphatic heterocycles. The largest absolute Gasteiger partial charge is 0.456 e. The number of benzene rings is 1. The number of ketones is 1. The first-order valence-corrected chi connectivity index (χ1v) is 4.59. The Bertz CT molecular complexity index is 354. The van der Waals surface area contributed by atoms with Gasteiger partial charge >= 0.3 is 5.97 Å². The Morgan fingerprint density at radius 3 is 2.53 bits per heavy atom. The van der Waals surface area contributed by atoms with Gasteiger partial charge in [-0.2, -0.15) is 0 Å². The van der Waals surface area contributed by atoms with Crippen molar-refractivity contribution in [1.29, 1.82) is 0 Å². The molecule has 0 radical (unpaired) electrons. The molecule has 0 fully saturated rings. The average Bonchev–Trinajstić information content (AvgIpc) is 2.27. The van der Waals surface area contributed by atoms with Crippen LogP contribution >= 0.6 is 0 Å². The molecule has 0 atom stereocenters. The van der Waals surface area contributed by atoms with E-state index in [1.807, 2.05) is 18.2 Å². The van der Waals surface area contributed by atoms with E-state index < -0.39 is 11.8 Å². The number of carbonyl (C=O) groups excluding carboxylic acids is 2. The van der Waals surface area contributed by atoms with E-state index in [1.54, 1.807) is 12.1 Å². The van der Waals surface area contributed by atoms with Gasteiger partial charge in [0, 0.05) is 6.42 Å². The van der Waals surface area contributed by atoms with Crippen LogP contribution in [0.4, 0.5) is 0 Å². The molecule has 0 amide bonds. The number of carbonyl (C=O) groups is 2. The molecule has 0 aliphatic rings. The van der Waals surface area contributed by atoms with Crippen LogP contribution < -0.4 is 0 Å². The van der Waals surface area contributed by atoms with Crippen molar-refractivity contribution in [2.24, 2.45) is 0 Å². The highest BCUT2D eigenvalue weighted by Gasteiger charge is 2.14. The summed E-state index contributed by atoms with van der Waals surface area (Å²) in [4.78, 5) is 22.4. The fourth-order valence-corrected chi connectivity index (χ4v) is 1.07. The fourth-order valence-electron chi connectivity index (χ4n) is 1.07. The van der Waals surface area contributed by atoms with Crippen LogP contribution in [0.15, 0.2) is 43.0 Å². The van der Waals surface area contributed by atoms with Gasteiger partial charge in [0.1, 0.15) is 6.61 Å². The second-order valence-electron chi connectivity index (χ2n) is 2.97. The lowest BCUT2D eigenvalue weighted by Crippen LogP contribution is -2.19. The van der Waals surface area contributed by atoms with Crippen LogP contribution in [0, 0.1) is 0 Å². The molecule has 0 heterocycles. The third-order valence-electron chi connectivity index (χ3n) is 1.77. The first kappa shape index (κ1) is 11.2. The predicted molar refractivity (Wildman–Crippen MR) is 56.3 cm³/mol. The Labute approximate surface area is 88.4 Å². The molecule has 3 heteroatoms. The summed E-state index contributed by atoms with van der Waals surface area (Å²) >= 11 is 0. The highest BCUT2D eigenvalue weighted by molar-refractivity contribution is 6.34. The summed E-state index contributed by atoms with van der Waals surface area (Å²) in [6.45, 7) is 3.46. The van der Waals surface area contributed by atoms with Crippen molar-refractivity contribution in [3.63, 3.8) is 0 Å². The van der Waals surface area contributed by atoms with Crippen LogP contribution in [-0.4, -0.2) is 18.4 Å². The van der Waals surface area contributed by atoms with Gasteiger partial charge in [-0.05, 0) is 5.56 Å². The van der Waals surface area contributed by atoms with Gasteiger partial charge < -0.3 is 4.74 Å². The van der Waals surface area contributed by atoms with E-state index in [-0.39, 0.29) is 13.0 Å². The zero-order valence-electron chi connectivity index (χ0n) is 8.31. The summed E-state index contributed by atoms with van der Waals surface area (Å²) in [5.74, 6) is -1.35. The first-order valence-electron chi connectivity index (χ1n) is 4.59. The summed E-state index contributed by atoms with van der Waals surface area (Å²) < 4.78 is 4.62. The van der Waals surface area contributed by atoms with Crippen LogP contribution in [0.3, 0.4) is 0 Å². The zero-order valence-corrected chi connectivity index (χ0v) is 8.31. The van der Waals surface area contributed by atoms with Crippen molar-refractivity contribution in [2.75, 3.05) is 6.61 Å². The lowest BCUT2D eigenvalue weighted by Gasteiger charge is -2.00. The number of Topliss-reactive ketones (excluding diaryl/α,β-unsaturated/α-hetero) is 1. The van der Waals surface area contributed by atoms with E-state index >= 15 is 0 Å². The maximum atomic E-state index is 11.3. The molecule has 0 saturated carbocycles. The summed E-state index contributed by atoms with van der Waals surface area (Å²) in [5, 5.41) is 0. The van der Waals surface area contributed by atoms with Crippen molar-refractivity contribution in [1.82, 2.24) is 0 Å². The van der Waals surface area contributed by atoms with E-state index in [9.17, 15) is 9.59 Å². The monoisotopic (exact) mass is 204 g/mol. The lowest BCUT2D eigenvalue weighted by molar-refractivity contribution is -0.152. The minimum atomic E-state index is -0.807. The number of hydrogen-bond donors (Lipinski definition) is 0. The van der Waals surface area contributed by atoms with Crippen molar-refractivity contribution in [3.05, 3.63) is 48.6 Å². The Morgan fingerprint density at radius 1 is 1.27 bits per heavy atom. The normalized spacial score (nSPS) is 9.33. The first-order chi connectivity index (χ1) is 7.24. The van der Waals surface area contributed by atoms with Crippen molar-refractivity contribution >= 4 is 11.8 Å². The Kier molecular flexibility index (Phi) is 4.29. The van der Waals surface area contributed by atoms with E-state index in [0.29, 0.717) is 0 Å². The maximum absolute atomic E-state index is 11.3. The minimum absolute atomic E-state index is 0.0688. The van der Waals surface area contributed by atoms with Crippen molar-refractivity contribution < 1.29 is 14.3 Å². The molecule has 1 aromatic carbocycles. The van der Waals surface area contributed by atoms with Crippen LogP contribution in [0.1, 0.15) is 5.56 Å². The Morgan fingerprint density at radius 2 is 1.93 bits per heavy atom. The van der Waals surface area contributed by atoms with E-state index in [4.69, 9.17) is 0 Å². The van der Waals surface area contributed by atoms with Crippen molar-refractivity contribution in [3.8, 4) is 0 Å².